The SMILES string of the molecule is CN1c2ccccc2C2CC(NC(=O)C(F)(F)F)CCN2c2c(C=O)cccc21. The summed E-state index contributed by atoms with van der Waals surface area (Å²) in [5, 5.41) is 2.13. The second-order valence-corrected chi connectivity index (χ2v) is 7.35. The van der Waals surface area contributed by atoms with Gasteiger partial charge in [-0.25, -0.2) is 0 Å². The normalized spacial score (nSPS) is 20.8. The van der Waals surface area contributed by atoms with Gasteiger partial charge < -0.3 is 15.1 Å². The first-order valence-electron chi connectivity index (χ1n) is 9.36. The van der Waals surface area contributed by atoms with Crippen LogP contribution in [0.2, 0.25) is 0 Å². The number of nitrogens with one attached hydrogen (secondary N) is 1. The molecule has 0 bridgehead atoms. The van der Waals surface area contributed by atoms with Crippen molar-refractivity contribution in [2.45, 2.75) is 31.1 Å². The smallest absolute Gasteiger partial charge is 0.362 e. The van der Waals surface area contributed by atoms with Crippen molar-refractivity contribution >= 4 is 29.3 Å². The van der Waals surface area contributed by atoms with Crippen LogP contribution in [0.1, 0.15) is 34.8 Å². The second-order valence-electron chi connectivity index (χ2n) is 7.35. The second kappa shape index (κ2) is 7.09. The summed E-state index contributed by atoms with van der Waals surface area (Å²) in [6.07, 6.45) is -3.43. The quantitative estimate of drug-likeness (QED) is 0.771. The lowest BCUT2D eigenvalue weighted by molar-refractivity contribution is -0.174. The Morgan fingerprint density at radius 1 is 1.14 bits per heavy atom. The van der Waals surface area contributed by atoms with Crippen LogP contribution in [-0.4, -0.2) is 38.0 Å². The van der Waals surface area contributed by atoms with Crippen LogP contribution in [0.5, 0.6) is 0 Å². The van der Waals surface area contributed by atoms with Gasteiger partial charge in [0.25, 0.3) is 0 Å². The maximum absolute atomic E-state index is 12.7. The number of anilines is 3. The van der Waals surface area contributed by atoms with Crippen molar-refractivity contribution in [2.24, 2.45) is 0 Å². The maximum atomic E-state index is 12.7. The van der Waals surface area contributed by atoms with Gasteiger partial charge in [0.1, 0.15) is 0 Å². The first-order valence-corrected chi connectivity index (χ1v) is 9.36. The van der Waals surface area contributed by atoms with Crippen LogP contribution in [0.25, 0.3) is 0 Å². The summed E-state index contributed by atoms with van der Waals surface area (Å²) in [5.74, 6) is -1.91. The van der Waals surface area contributed by atoms with Gasteiger partial charge in [-0.3, -0.25) is 9.59 Å². The van der Waals surface area contributed by atoms with E-state index in [2.05, 4.69) is 10.2 Å². The van der Waals surface area contributed by atoms with Gasteiger partial charge in [-0.05, 0) is 36.6 Å². The Hall–Kier alpha value is -3.03. The number of rotatable bonds is 2. The summed E-state index contributed by atoms with van der Waals surface area (Å²) in [5.41, 5.74) is 4.04. The standard InChI is InChI=1S/C21H20F3N3O2/c1-26-16-7-3-2-6-15(16)18-11-14(25-20(29)21(22,23)24)9-10-27(18)19-13(12-28)5-4-8-17(19)26/h2-8,12,14,18H,9-11H2,1H3,(H,25,29). The number of hydrogen-bond donors (Lipinski definition) is 1. The molecule has 0 saturated carbocycles. The first-order chi connectivity index (χ1) is 13.8. The number of hydrogen-bond acceptors (Lipinski definition) is 4. The van der Waals surface area contributed by atoms with Crippen molar-refractivity contribution in [3.8, 4) is 0 Å². The van der Waals surface area contributed by atoms with Crippen molar-refractivity contribution in [1.82, 2.24) is 5.32 Å². The minimum absolute atomic E-state index is 0.261. The molecule has 2 unspecified atom stereocenters. The fraction of sp³-hybridized carbons (Fsp3) is 0.333. The Labute approximate surface area is 166 Å². The lowest BCUT2D eigenvalue weighted by Crippen LogP contribution is -2.49. The molecule has 1 saturated heterocycles. The molecular formula is C21H20F3N3O2. The molecule has 5 nitrogen and oxygen atoms in total. The average molecular weight is 403 g/mol. The van der Waals surface area contributed by atoms with Crippen molar-refractivity contribution in [2.75, 3.05) is 23.4 Å². The van der Waals surface area contributed by atoms with E-state index in [9.17, 15) is 22.8 Å². The maximum Gasteiger partial charge on any atom is 0.471 e. The molecular weight excluding hydrogens is 383 g/mol. The lowest BCUT2D eigenvalue weighted by Gasteiger charge is -2.41. The molecule has 1 amide bonds. The number of aldehydes is 1. The highest BCUT2D eigenvalue weighted by Gasteiger charge is 2.42. The predicted octanol–water partition coefficient (Wildman–Crippen LogP) is 3.97. The zero-order valence-corrected chi connectivity index (χ0v) is 15.7. The molecule has 1 fully saturated rings. The highest BCUT2D eigenvalue weighted by molar-refractivity contribution is 5.94. The fourth-order valence-corrected chi connectivity index (χ4v) is 4.36. The molecule has 2 aliphatic heterocycles. The Balaban J connectivity index is 1.78. The van der Waals surface area contributed by atoms with Crippen molar-refractivity contribution < 1.29 is 22.8 Å². The van der Waals surface area contributed by atoms with Gasteiger partial charge in [0, 0.05) is 30.9 Å². The third kappa shape index (κ3) is 3.32. The van der Waals surface area contributed by atoms with E-state index in [1.54, 1.807) is 6.07 Å². The van der Waals surface area contributed by atoms with Crippen LogP contribution in [0.4, 0.5) is 30.2 Å². The van der Waals surface area contributed by atoms with Crippen LogP contribution in [-0.2, 0) is 4.79 Å². The number of halogens is 3. The molecule has 0 aromatic heterocycles. The van der Waals surface area contributed by atoms with Crippen LogP contribution in [0.15, 0.2) is 42.5 Å². The number of carbonyl (C=O) groups excluding carboxylic acids is 2. The lowest BCUT2D eigenvalue weighted by atomic mass is 9.90. The molecule has 2 heterocycles. The highest BCUT2D eigenvalue weighted by atomic mass is 19.4. The van der Waals surface area contributed by atoms with E-state index in [1.807, 2.05) is 48.3 Å². The Kier molecular flexibility index (Phi) is 4.72. The monoisotopic (exact) mass is 403 g/mol. The number of carbonyl (C=O) groups is 2. The van der Waals surface area contributed by atoms with Gasteiger partial charge in [0.05, 0.1) is 17.4 Å². The molecule has 152 valence electrons. The zero-order chi connectivity index (χ0) is 20.8. The molecule has 29 heavy (non-hydrogen) atoms. The summed E-state index contributed by atoms with van der Waals surface area (Å²) < 4.78 is 38.2. The molecule has 2 atom stereocenters. The van der Waals surface area contributed by atoms with Crippen LogP contribution < -0.4 is 15.1 Å². The van der Waals surface area contributed by atoms with E-state index >= 15 is 0 Å². The number of amides is 1. The molecule has 4 rings (SSSR count). The molecule has 0 aliphatic carbocycles. The minimum Gasteiger partial charge on any atom is -0.362 e. The van der Waals surface area contributed by atoms with E-state index in [0.717, 1.165) is 28.9 Å². The number of para-hydroxylation sites is 2. The number of piperidine rings is 1. The van der Waals surface area contributed by atoms with Crippen molar-refractivity contribution in [3.63, 3.8) is 0 Å². The summed E-state index contributed by atoms with van der Waals surface area (Å²) in [7, 11) is 1.91. The molecule has 2 aromatic rings. The molecule has 8 heteroatoms. The highest BCUT2D eigenvalue weighted by Crippen LogP contribution is 2.48. The summed E-state index contributed by atoms with van der Waals surface area (Å²) in [6, 6.07) is 12.3. The van der Waals surface area contributed by atoms with Gasteiger partial charge in [-0.15, -0.1) is 0 Å². The largest absolute Gasteiger partial charge is 0.471 e. The topological polar surface area (TPSA) is 52.7 Å². The third-order valence-corrected chi connectivity index (χ3v) is 5.67. The fourth-order valence-electron chi connectivity index (χ4n) is 4.36. The van der Waals surface area contributed by atoms with Crippen molar-refractivity contribution in [1.29, 1.82) is 0 Å². The molecule has 2 aromatic carbocycles. The predicted molar refractivity (Wildman–Crippen MR) is 104 cm³/mol. The Bertz CT molecular complexity index is 960. The third-order valence-electron chi connectivity index (χ3n) is 5.67. The van der Waals surface area contributed by atoms with E-state index in [4.69, 9.17) is 0 Å². The minimum atomic E-state index is -4.91. The van der Waals surface area contributed by atoms with E-state index in [1.165, 1.54) is 0 Å². The molecule has 2 aliphatic rings. The summed E-state index contributed by atoms with van der Waals surface area (Å²) in [4.78, 5) is 27.3. The van der Waals surface area contributed by atoms with Crippen molar-refractivity contribution in [3.05, 3.63) is 53.6 Å². The Morgan fingerprint density at radius 2 is 1.86 bits per heavy atom. The summed E-state index contributed by atoms with van der Waals surface area (Å²) >= 11 is 0. The van der Waals surface area contributed by atoms with Crippen LogP contribution in [0, 0.1) is 0 Å². The van der Waals surface area contributed by atoms with Gasteiger partial charge in [0.15, 0.2) is 6.29 Å². The van der Waals surface area contributed by atoms with Crippen LogP contribution >= 0.6 is 0 Å². The molecule has 0 radical (unpaired) electrons. The number of fused-ring (bicyclic) bond motifs is 5. The number of benzene rings is 2. The number of nitrogens with zero attached hydrogens (tertiary/aromatic N) is 2. The zero-order valence-electron chi connectivity index (χ0n) is 15.7. The number of alkyl halides is 3. The first kappa shape index (κ1) is 19.3. The van der Waals surface area contributed by atoms with Gasteiger partial charge in [-0.2, -0.15) is 13.2 Å². The molecule has 1 N–H and O–H groups in total. The van der Waals surface area contributed by atoms with E-state index in [0.29, 0.717) is 24.9 Å². The Morgan fingerprint density at radius 3 is 2.59 bits per heavy atom. The molecule has 0 spiro atoms. The van der Waals surface area contributed by atoms with E-state index in [-0.39, 0.29) is 6.04 Å². The van der Waals surface area contributed by atoms with Gasteiger partial charge >= 0.3 is 12.1 Å². The van der Waals surface area contributed by atoms with Gasteiger partial charge in [0.2, 0.25) is 0 Å². The van der Waals surface area contributed by atoms with Gasteiger partial charge in [-0.1, -0.05) is 24.3 Å². The van der Waals surface area contributed by atoms with Crippen LogP contribution in [0.3, 0.4) is 0 Å². The summed E-state index contributed by atoms with van der Waals surface area (Å²) in [6.45, 7) is 0.424. The van der Waals surface area contributed by atoms with E-state index < -0.39 is 18.1 Å². The average Bonchev–Trinajstić information content (AvgIpc) is 2.81.